The fourth-order valence-corrected chi connectivity index (χ4v) is 1.17. The number of amides is 1. The molecule has 0 saturated heterocycles. The maximum absolute atomic E-state index is 11.5. The summed E-state index contributed by atoms with van der Waals surface area (Å²) in [5, 5.41) is 2.59. The van der Waals surface area contributed by atoms with Crippen LogP contribution in [-0.2, 0) is 9.47 Å². The van der Waals surface area contributed by atoms with Crippen LogP contribution in [0.5, 0.6) is 0 Å². The van der Waals surface area contributed by atoms with Crippen LogP contribution in [0.2, 0.25) is 0 Å². The summed E-state index contributed by atoms with van der Waals surface area (Å²) in [4.78, 5) is 25.5. The first-order valence-electron chi connectivity index (χ1n) is 5.27. The molecular weight excluding hydrogens is 224 g/mol. The Morgan fingerprint density at radius 3 is 2.94 bits per heavy atom. The van der Waals surface area contributed by atoms with E-state index in [0.29, 0.717) is 26.4 Å². The molecule has 0 aliphatic rings. The monoisotopic (exact) mass is 240 g/mol. The minimum Gasteiger partial charge on any atom is -0.382 e. The first-order chi connectivity index (χ1) is 8.25. The minimum absolute atomic E-state index is 0.101. The van der Waals surface area contributed by atoms with Crippen LogP contribution in [0.1, 0.15) is 10.4 Å². The number of aromatic nitrogens is 1. The molecule has 0 atom stereocenters. The van der Waals surface area contributed by atoms with Crippen LogP contribution >= 0.6 is 0 Å². The number of aromatic amines is 1. The summed E-state index contributed by atoms with van der Waals surface area (Å²) in [6, 6.07) is 1.31. The molecule has 0 fully saturated rings. The van der Waals surface area contributed by atoms with E-state index in [-0.39, 0.29) is 11.0 Å². The van der Waals surface area contributed by atoms with Gasteiger partial charge >= 0.3 is 0 Å². The zero-order chi connectivity index (χ0) is 12.5. The Bertz CT molecular complexity index is 402. The molecular formula is C11H16N2O4. The standard InChI is InChI=1S/C11H16N2O4/c1-16-6-7-17-5-4-13-11(15)9-8-12-3-2-10(9)14/h2-3,8H,4-7H2,1H3,(H,12,14)(H,13,15). The van der Waals surface area contributed by atoms with E-state index in [1.54, 1.807) is 7.11 Å². The molecule has 0 aromatic carbocycles. The molecule has 0 saturated carbocycles. The number of methoxy groups -OCH3 is 1. The first-order valence-corrected chi connectivity index (χ1v) is 5.27. The lowest BCUT2D eigenvalue weighted by molar-refractivity contribution is 0.0692. The van der Waals surface area contributed by atoms with Crippen molar-refractivity contribution in [2.75, 3.05) is 33.5 Å². The van der Waals surface area contributed by atoms with E-state index in [1.165, 1.54) is 18.5 Å². The average molecular weight is 240 g/mol. The van der Waals surface area contributed by atoms with Crippen LogP contribution in [0.3, 0.4) is 0 Å². The van der Waals surface area contributed by atoms with Crippen LogP contribution in [-0.4, -0.2) is 44.4 Å². The predicted octanol–water partition coefficient (Wildman–Crippen LogP) is -0.232. The average Bonchev–Trinajstić information content (AvgIpc) is 2.34. The number of H-pyrrole nitrogens is 1. The van der Waals surface area contributed by atoms with Gasteiger partial charge in [-0.2, -0.15) is 0 Å². The van der Waals surface area contributed by atoms with Crippen molar-refractivity contribution < 1.29 is 14.3 Å². The fraction of sp³-hybridized carbons (Fsp3) is 0.455. The van der Waals surface area contributed by atoms with Crippen molar-refractivity contribution in [3.63, 3.8) is 0 Å². The molecule has 94 valence electrons. The van der Waals surface area contributed by atoms with Crippen LogP contribution in [0.4, 0.5) is 0 Å². The van der Waals surface area contributed by atoms with Crippen molar-refractivity contribution in [1.29, 1.82) is 0 Å². The number of pyridine rings is 1. The van der Waals surface area contributed by atoms with Crippen LogP contribution in [0, 0.1) is 0 Å². The zero-order valence-corrected chi connectivity index (χ0v) is 9.69. The molecule has 6 heteroatoms. The van der Waals surface area contributed by atoms with Gasteiger partial charge in [0.15, 0.2) is 5.43 Å². The van der Waals surface area contributed by atoms with Crippen molar-refractivity contribution in [1.82, 2.24) is 10.3 Å². The van der Waals surface area contributed by atoms with E-state index in [2.05, 4.69) is 10.3 Å². The van der Waals surface area contributed by atoms with Crippen molar-refractivity contribution in [3.05, 3.63) is 34.2 Å². The molecule has 6 nitrogen and oxygen atoms in total. The summed E-state index contributed by atoms with van der Waals surface area (Å²) in [7, 11) is 1.59. The third-order valence-electron chi connectivity index (χ3n) is 2.03. The Hall–Kier alpha value is -1.66. The Morgan fingerprint density at radius 2 is 2.24 bits per heavy atom. The highest BCUT2D eigenvalue weighted by Crippen LogP contribution is 1.87. The smallest absolute Gasteiger partial charge is 0.256 e. The van der Waals surface area contributed by atoms with Gasteiger partial charge in [-0.3, -0.25) is 9.59 Å². The van der Waals surface area contributed by atoms with Gasteiger partial charge in [0.25, 0.3) is 5.91 Å². The third kappa shape index (κ3) is 4.80. The first kappa shape index (κ1) is 13.4. The molecule has 0 aliphatic carbocycles. The number of carbonyl (C=O) groups is 1. The van der Waals surface area contributed by atoms with E-state index >= 15 is 0 Å². The Balaban J connectivity index is 2.26. The van der Waals surface area contributed by atoms with Crippen LogP contribution in [0.15, 0.2) is 23.3 Å². The molecule has 0 unspecified atom stereocenters. The second-order valence-corrected chi connectivity index (χ2v) is 3.28. The van der Waals surface area contributed by atoms with Gasteiger partial charge in [-0.15, -0.1) is 0 Å². The molecule has 1 heterocycles. The third-order valence-corrected chi connectivity index (χ3v) is 2.03. The predicted molar refractivity (Wildman–Crippen MR) is 62.1 cm³/mol. The van der Waals surface area contributed by atoms with E-state index < -0.39 is 5.91 Å². The van der Waals surface area contributed by atoms with Crippen molar-refractivity contribution in [2.45, 2.75) is 0 Å². The molecule has 0 aliphatic heterocycles. The van der Waals surface area contributed by atoms with Gasteiger partial charge in [0.2, 0.25) is 0 Å². The summed E-state index contributed by atoms with van der Waals surface area (Å²) in [5.41, 5.74) is -0.203. The Morgan fingerprint density at radius 1 is 1.41 bits per heavy atom. The largest absolute Gasteiger partial charge is 0.382 e. The fourth-order valence-electron chi connectivity index (χ4n) is 1.17. The maximum Gasteiger partial charge on any atom is 0.256 e. The molecule has 2 N–H and O–H groups in total. The van der Waals surface area contributed by atoms with Gasteiger partial charge in [0.1, 0.15) is 5.56 Å². The summed E-state index contributed by atoms with van der Waals surface area (Å²) in [5.74, 6) is -0.401. The lowest BCUT2D eigenvalue weighted by atomic mass is 10.2. The highest BCUT2D eigenvalue weighted by Gasteiger charge is 2.07. The van der Waals surface area contributed by atoms with Gasteiger partial charge in [0.05, 0.1) is 19.8 Å². The molecule has 1 amide bonds. The highest BCUT2D eigenvalue weighted by molar-refractivity contribution is 5.93. The number of rotatable bonds is 7. The molecule has 0 radical (unpaired) electrons. The topological polar surface area (TPSA) is 80.4 Å². The molecule has 0 spiro atoms. The molecule has 0 bridgehead atoms. The lowest BCUT2D eigenvalue weighted by Gasteiger charge is -2.05. The zero-order valence-electron chi connectivity index (χ0n) is 9.69. The summed E-state index contributed by atoms with van der Waals surface area (Å²) < 4.78 is 9.96. The van der Waals surface area contributed by atoms with E-state index in [9.17, 15) is 9.59 Å². The molecule has 1 aromatic rings. The molecule has 1 rings (SSSR count). The summed E-state index contributed by atoms with van der Waals surface area (Å²) in [6.07, 6.45) is 2.86. The molecule has 17 heavy (non-hydrogen) atoms. The van der Waals surface area contributed by atoms with Gasteiger partial charge < -0.3 is 19.8 Å². The quantitative estimate of drug-likeness (QED) is 0.645. The number of ether oxygens (including phenoxy) is 2. The Labute approximate surface area is 98.9 Å². The van der Waals surface area contributed by atoms with Gasteiger partial charge in [0, 0.05) is 32.1 Å². The highest BCUT2D eigenvalue weighted by atomic mass is 16.5. The van der Waals surface area contributed by atoms with Crippen molar-refractivity contribution in [3.8, 4) is 0 Å². The number of carbonyl (C=O) groups excluding carboxylic acids is 1. The second kappa shape index (κ2) is 7.59. The van der Waals surface area contributed by atoms with Crippen LogP contribution in [0.25, 0.3) is 0 Å². The number of hydrogen-bond acceptors (Lipinski definition) is 4. The number of hydrogen-bond donors (Lipinski definition) is 2. The van der Waals surface area contributed by atoms with E-state index in [1.807, 2.05) is 0 Å². The van der Waals surface area contributed by atoms with Crippen LogP contribution < -0.4 is 10.7 Å². The summed E-state index contributed by atoms with van der Waals surface area (Å²) in [6.45, 7) is 1.75. The van der Waals surface area contributed by atoms with Crippen molar-refractivity contribution >= 4 is 5.91 Å². The van der Waals surface area contributed by atoms with E-state index in [0.717, 1.165) is 0 Å². The number of nitrogens with one attached hydrogen (secondary N) is 2. The normalized spacial score (nSPS) is 10.2. The molecule has 1 aromatic heterocycles. The second-order valence-electron chi connectivity index (χ2n) is 3.28. The lowest BCUT2D eigenvalue weighted by Crippen LogP contribution is -2.31. The van der Waals surface area contributed by atoms with Gasteiger partial charge in [-0.05, 0) is 0 Å². The van der Waals surface area contributed by atoms with Gasteiger partial charge in [-0.25, -0.2) is 0 Å². The van der Waals surface area contributed by atoms with E-state index in [4.69, 9.17) is 9.47 Å². The minimum atomic E-state index is -0.401. The summed E-state index contributed by atoms with van der Waals surface area (Å²) >= 11 is 0. The van der Waals surface area contributed by atoms with Crippen molar-refractivity contribution in [2.24, 2.45) is 0 Å². The maximum atomic E-state index is 11.5. The van der Waals surface area contributed by atoms with Gasteiger partial charge in [-0.1, -0.05) is 0 Å². The SMILES string of the molecule is COCCOCCNC(=O)c1c[nH]ccc1=O. The Kier molecular flexibility index (Phi) is 5.98.